The van der Waals surface area contributed by atoms with Crippen LogP contribution in [-0.2, 0) is 19.6 Å². The Morgan fingerprint density at radius 3 is 2.48 bits per heavy atom. The van der Waals surface area contributed by atoms with Crippen molar-refractivity contribution in [2.24, 2.45) is 0 Å². The monoisotopic (exact) mass is 480 g/mol. The second-order valence-electron chi connectivity index (χ2n) is 6.00. The lowest BCUT2D eigenvalue weighted by Crippen LogP contribution is -2.31. The first-order valence-corrected chi connectivity index (χ1v) is 11.0. The molecule has 0 spiro atoms. The van der Waals surface area contributed by atoms with E-state index in [0.29, 0.717) is 10.7 Å². The fraction of sp³-hybridized carbons (Fsp3) is 0.143. The normalized spacial score (nSPS) is 10.6. The first kappa shape index (κ1) is 24.3. The molecule has 0 aromatic heterocycles. The van der Waals surface area contributed by atoms with Crippen molar-refractivity contribution in [2.45, 2.75) is 4.90 Å². The Labute approximate surface area is 190 Å². The zero-order valence-electron chi connectivity index (χ0n) is 16.2. The van der Waals surface area contributed by atoms with Crippen molar-refractivity contribution in [2.75, 3.05) is 24.0 Å². The lowest BCUT2D eigenvalue weighted by atomic mass is 10.2. The van der Waals surface area contributed by atoms with Gasteiger partial charge in [-0.05, 0) is 42.5 Å². The first-order chi connectivity index (χ1) is 14.7. The molecular weight excluding hydrogens is 463 g/mol. The van der Waals surface area contributed by atoms with Gasteiger partial charge in [0.15, 0.2) is 6.61 Å². The molecule has 1 amide bonds. The van der Waals surface area contributed by atoms with E-state index >= 15 is 0 Å². The van der Waals surface area contributed by atoms with Crippen LogP contribution in [0.15, 0.2) is 60.0 Å². The Bertz CT molecular complexity index is 1130. The molecule has 0 saturated carbocycles. The van der Waals surface area contributed by atoms with E-state index in [1.165, 1.54) is 18.2 Å². The van der Waals surface area contributed by atoms with Gasteiger partial charge in [0, 0.05) is 5.02 Å². The highest BCUT2D eigenvalue weighted by Crippen LogP contribution is 2.28. The van der Waals surface area contributed by atoms with Gasteiger partial charge in [0.05, 0.1) is 34.3 Å². The molecule has 0 bridgehead atoms. The molecule has 0 aliphatic heterocycles. The Balaban J connectivity index is 2.33. The predicted molar refractivity (Wildman–Crippen MR) is 120 cm³/mol. The van der Waals surface area contributed by atoms with Crippen LogP contribution >= 0.6 is 23.2 Å². The van der Waals surface area contributed by atoms with Crippen LogP contribution in [0.1, 0.15) is 10.4 Å². The van der Waals surface area contributed by atoms with Gasteiger partial charge in [0.25, 0.3) is 15.9 Å². The number of hydrogen-bond acceptors (Lipinski definition) is 5. The maximum atomic E-state index is 13.2. The topological polar surface area (TPSA) is 92.8 Å². The SMILES string of the molecule is C#CCNC(=O)COC(=O)c1cc(S(=O)(=O)N(CC=C)c2ccc(Cl)cc2)ccc1Cl. The third-order valence-electron chi connectivity index (χ3n) is 3.88. The van der Waals surface area contributed by atoms with Crippen LogP contribution in [0, 0.1) is 12.3 Å². The summed E-state index contributed by atoms with van der Waals surface area (Å²) in [6.07, 6.45) is 6.46. The van der Waals surface area contributed by atoms with Crippen LogP contribution in [0.4, 0.5) is 5.69 Å². The molecule has 1 N–H and O–H groups in total. The Kier molecular flexibility index (Phi) is 8.51. The van der Waals surface area contributed by atoms with Crippen molar-refractivity contribution in [3.05, 3.63) is 70.7 Å². The van der Waals surface area contributed by atoms with Crippen LogP contribution in [0.5, 0.6) is 0 Å². The summed E-state index contributed by atoms with van der Waals surface area (Å²) >= 11 is 11.9. The summed E-state index contributed by atoms with van der Waals surface area (Å²) in [6.45, 7) is 2.95. The van der Waals surface area contributed by atoms with Gasteiger partial charge in [0.2, 0.25) is 0 Å². The van der Waals surface area contributed by atoms with Gasteiger partial charge < -0.3 is 10.1 Å². The maximum absolute atomic E-state index is 13.2. The molecular formula is C21H18Cl2N2O5S. The lowest BCUT2D eigenvalue weighted by Gasteiger charge is -2.23. The van der Waals surface area contributed by atoms with Crippen molar-refractivity contribution in [1.29, 1.82) is 0 Å². The lowest BCUT2D eigenvalue weighted by molar-refractivity contribution is -0.123. The Hall–Kier alpha value is -2.99. The molecule has 0 radical (unpaired) electrons. The van der Waals surface area contributed by atoms with Crippen molar-refractivity contribution < 1.29 is 22.7 Å². The van der Waals surface area contributed by atoms with Crippen molar-refractivity contribution in [1.82, 2.24) is 5.32 Å². The number of amides is 1. The highest BCUT2D eigenvalue weighted by atomic mass is 35.5. The second kappa shape index (κ2) is 10.9. The third kappa shape index (κ3) is 6.25. The molecule has 0 aliphatic rings. The molecule has 0 aliphatic carbocycles. The van der Waals surface area contributed by atoms with Crippen molar-refractivity contribution in [3.63, 3.8) is 0 Å². The molecule has 31 heavy (non-hydrogen) atoms. The zero-order valence-corrected chi connectivity index (χ0v) is 18.5. The summed E-state index contributed by atoms with van der Waals surface area (Å²) in [7, 11) is -4.09. The molecule has 2 aromatic rings. The smallest absolute Gasteiger partial charge is 0.340 e. The molecule has 10 heteroatoms. The summed E-state index contributed by atoms with van der Waals surface area (Å²) in [5.74, 6) is 0.645. The van der Waals surface area contributed by atoms with Crippen LogP contribution < -0.4 is 9.62 Å². The zero-order chi connectivity index (χ0) is 23.0. The highest BCUT2D eigenvalue weighted by molar-refractivity contribution is 7.92. The summed E-state index contributed by atoms with van der Waals surface area (Å²) < 4.78 is 32.5. The number of terminal acetylenes is 1. The summed E-state index contributed by atoms with van der Waals surface area (Å²) in [4.78, 5) is 23.7. The first-order valence-electron chi connectivity index (χ1n) is 8.76. The summed E-state index contributed by atoms with van der Waals surface area (Å²) in [5.41, 5.74) is 0.149. The minimum Gasteiger partial charge on any atom is -0.452 e. The van der Waals surface area contributed by atoms with E-state index < -0.39 is 28.5 Å². The predicted octanol–water partition coefficient (Wildman–Crippen LogP) is 3.28. The molecule has 2 aromatic carbocycles. The fourth-order valence-corrected chi connectivity index (χ4v) is 4.21. The van der Waals surface area contributed by atoms with Crippen LogP contribution in [0.3, 0.4) is 0 Å². The number of carbonyl (C=O) groups is 2. The minimum atomic E-state index is -4.09. The molecule has 0 unspecified atom stereocenters. The maximum Gasteiger partial charge on any atom is 0.340 e. The Morgan fingerprint density at radius 2 is 1.87 bits per heavy atom. The number of carbonyl (C=O) groups excluding carboxylic acids is 2. The number of anilines is 1. The van der Waals surface area contributed by atoms with Crippen LogP contribution in [-0.4, -0.2) is 40.0 Å². The quantitative estimate of drug-likeness (QED) is 0.337. The molecule has 0 atom stereocenters. The van der Waals surface area contributed by atoms with Crippen molar-refractivity contribution in [3.8, 4) is 12.3 Å². The summed E-state index contributed by atoms with van der Waals surface area (Å²) in [5, 5.41) is 2.75. The van der Waals surface area contributed by atoms with Gasteiger partial charge in [0.1, 0.15) is 0 Å². The number of nitrogens with zero attached hydrogens (tertiary/aromatic N) is 1. The fourth-order valence-electron chi connectivity index (χ4n) is 2.42. The number of rotatable bonds is 9. The number of halogens is 2. The van der Waals surface area contributed by atoms with Gasteiger partial charge in [-0.1, -0.05) is 35.2 Å². The average molecular weight is 481 g/mol. The highest BCUT2D eigenvalue weighted by Gasteiger charge is 2.26. The number of esters is 1. The standard InChI is InChI=1S/C21H18Cl2N2O5S/c1-3-11-24-20(26)14-30-21(27)18-13-17(9-10-19(18)23)31(28,29)25(12-4-2)16-7-5-15(22)6-8-16/h1,4-10,13H,2,11-12,14H2,(H,24,26). The number of ether oxygens (including phenoxy) is 1. The molecule has 0 fully saturated rings. The number of sulfonamides is 1. The second-order valence-corrected chi connectivity index (χ2v) is 8.71. The van der Waals surface area contributed by atoms with Crippen LogP contribution in [0.2, 0.25) is 10.0 Å². The van der Waals surface area contributed by atoms with E-state index in [-0.39, 0.29) is 28.6 Å². The molecule has 7 nitrogen and oxygen atoms in total. The molecule has 2 rings (SSSR count). The minimum absolute atomic E-state index is 0.0191. The molecule has 162 valence electrons. The summed E-state index contributed by atoms with van der Waals surface area (Å²) in [6, 6.07) is 9.81. The van der Waals surface area contributed by atoms with E-state index in [1.54, 1.807) is 24.3 Å². The van der Waals surface area contributed by atoms with E-state index in [0.717, 1.165) is 10.4 Å². The van der Waals surface area contributed by atoms with Gasteiger partial charge >= 0.3 is 5.97 Å². The third-order valence-corrected chi connectivity index (χ3v) is 6.25. The molecule has 0 heterocycles. The van der Waals surface area contributed by atoms with Gasteiger partial charge in [-0.25, -0.2) is 13.2 Å². The van der Waals surface area contributed by atoms with Crippen LogP contribution in [0.25, 0.3) is 0 Å². The number of nitrogens with one attached hydrogen (secondary N) is 1. The largest absolute Gasteiger partial charge is 0.452 e. The Morgan fingerprint density at radius 1 is 1.19 bits per heavy atom. The van der Waals surface area contributed by atoms with Gasteiger partial charge in [-0.3, -0.25) is 9.10 Å². The van der Waals surface area contributed by atoms with E-state index in [1.807, 2.05) is 0 Å². The number of benzene rings is 2. The molecule has 0 saturated heterocycles. The van der Waals surface area contributed by atoms with Gasteiger partial charge in [-0.15, -0.1) is 13.0 Å². The van der Waals surface area contributed by atoms with Gasteiger partial charge in [-0.2, -0.15) is 0 Å². The number of hydrogen-bond donors (Lipinski definition) is 1. The van der Waals surface area contributed by atoms with E-state index in [4.69, 9.17) is 34.4 Å². The average Bonchev–Trinajstić information content (AvgIpc) is 2.75. The van der Waals surface area contributed by atoms with E-state index in [2.05, 4.69) is 17.8 Å². The van der Waals surface area contributed by atoms with Crippen molar-refractivity contribution >= 4 is 50.8 Å². The van der Waals surface area contributed by atoms with E-state index in [9.17, 15) is 18.0 Å².